The number of halogens is 4. The largest absolute Gasteiger partial charge is 0.462 e. The first-order valence-electron chi connectivity index (χ1n) is 13.4. The van der Waals surface area contributed by atoms with E-state index in [-0.39, 0.29) is 17.4 Å². The predicted octanol–water partition coefficient (Wildman–Crippen LogP) is 5.40. The van der Waals surface area contributed by atoms with E-state index in [1.165, 1.54) is 12.1 Å². The Kier molecular flexibility index (Phi) is 8.12. The van der Waals surface area contributed by atoms with Crippen LogP contribution in [0.2, 0.25) is 0 Å². The molecule has 5 rings (SSSR count). The monoisotopic (exact) mass is 563 g/mol. The van der Waals surface area contributed by atoms with Gasteiger partial charge in [0.15, 0.2) is 5.65 Å². The molecule has 1 atom stereocenters. The zero-order chi connectivity index (χ0) is 28.5. The third kappa shape index (κ3) is 5.70. The van der Waals surface area contributed by atoms with E-state index in [1.54, 1.807) is 14.0 Å². The van der Waals surface area contributed by atoms with Crippen molar-refractivity contribution < 1.29 is 31.8 Å². The Balaban J connectivity index is 1.54. The first kappa shape index (κ1) is 28.4. The Bertz CT molecular complexity index is 1360. The topological polar surface area (TPSA) is 81.6 Å². The van der Waals surface area contributed by atoms with Gasteiger partial charge in [-0.1, -0.05) is 12.1 Å². The number of anilines is 1. The van der Waals surface area contributed by atoms with Crippen LogP contribution >= 0.6 is 0 Å². The number of ether oxygens (including phenoxy) is 3. The molecule has 0 unspecified atom stereocenters. The highest BCUT2D eigenvalue weighted by molar-refractivity contribution is 5.88. The number of hydrogen-bond acceptors (Lipinski definition) is 8. The number of rotatable bonds is 9. The lowest BCUT2D eigenvalue weighted by atomic mass is 9.84. The number of nitrogens with zero attached hydrogens (tertiary/aromatic N) is 4. The van der Waals surface area contributed by atoms with E-state index in [2.05, 4.69) is 20.2 Å². The summed E-state index contributed by atoms with van der Waals surface area (Å²) < 4.78 is 72.5. The lowest BCUT2D eigenvalue weighted by Gasteiger charge is -2.37. The highest BCUT2D eigenvalue weighted by Crippen LogP contribution is 2.40. The van der Waals surface area contributed by atoms with Crippen LogP contribution in [-0.4, -0.2) is 66.4 Å². The van der Waals surface area contributed by atoms with Crippen LogP contribution < -0.4 is 10.1 Å². The summed E-state index contributed by atoms with van der Waals surface area (Å²) >= 11 is 0. The lowest BCUT2D eigenvalue weighted by molar-refractivity contribution is -0.140. The fraction of sp³-hybridized carbons (Fsp3) is 0.536. The highest BCUT2D eigenvalue weighted by atomic mass is 19.4. The second-order valence-corrected chi connectivity index (χ2v) is 10.3. The molecule has 0 aliphatic carbocycles. The van der Waals surface area contributed by atoms with Crippen LogP contribution in [0.25, 0.3) is 11.0 Å². The van der Waals surface area contributed by atoms with Crippen LogP contribution in [0.5, 0.6) is 6.01 Å². The van der Waals surface area contributed by atoms with Gasteiger partial charge in [-0.3, -0.25) is 4.90 Å². The summed E-state index contributed by atoms with van der Waals surface area (Å²) in [6.45, 7) is 7.65. The average molecular weight is 564 g/mol. The van der Waals surface area contributed by atoms with E-state index < -0.39 is 29.2 Å². The van der Waals surface area contributed by atoms with Gasteiger partial charge < -0.3 is 19.5 Å². The third-order valence-electron chi connectivity index (χ3n) is 7.78. The maximum absolute atomic E-state index is 15.0. The van der Waals surface area contributed by atoms with Gasteiger partial charge in [0.2, 0.25) is 0 Å². The van der Waals surface area contributed by atoms with Gasteiger partial charge in [0.05, 0.1) is 22.6 Å². The van der Waals surface area contributed by atoms with Crippen LogP contribution in [0.4, 0.5) is 23.4 Å². The van der Waals surface area contributed by atoms with Gasteiger partial charge in [0, 0.05) is 56.5 Å². The highest BCUT2D eigenvalue weighted by Gasteiger charge is 2.37. The number of pyridine rings is 1. The molecular formula is C28H33F4N5O3. The summed E-state index contributed by atoms with van der Waals surface area (Å²) in [7, 11) is 1.65. The number of benzene rings is 1. The molecule has 0 saturated carbocycles. The predicted molar refractivity (Wildman–Crippen MR) is 141 cm³/mol. The van der Waals surface area contributed by atoms with E-state index >= 15 is 0 Å². The zero-order valence-electron chi connectivity index (χ0n) is 22.8. The first-order valence-corrected chi connectivity index (χ1v) is 13.4. The zero-order valence-corrected chi connectivity index (χ0v) is 22.8. The SMILES string of the molecule is COC1(c2cc3c(N[C@H](C)c4cccc(C(F)(F)F)c4F)nc(OCCN4CCC4)nc3nc2C)CCOCC1. The van der Waals surface area contributed by atoms with Gasteiger partial charge >= 0.3 is 12.2 Å². The van der Waals surface area contributed by atoms with Crippen molar-refractivity contribution in [3.05, 3.63) is 52.5 Å². The molecule has 12 heteroatoms. The normalized spacial score (nSPS) is 18.4. The van der Waals surface area contributed by atoms with Crippen molar-refractivity contribution in [3.63, 3.8) is 0 Å². The number of aromatic nitrogens is 3. The van der Waals surface area contributed by atoms with E-state index in [0.717, 1.165) is 43.4 Å². The molecule has 3 aromatic rings. The molecule has 40 heavy (non-hydrogen) atoms. The number of methoxy groups -OCH3 is 1. The van der Waals surface area contributed by atoms with Crippen LogP contribution in [0, 0.1) is 12.7 Å². The Hall–Kier alpha value is -3.09. The Morgan fingerprint density at radius 1 is 1.15 bits per heavy atom. The average Bonchev–Trinajstić information content (AvgIpc) is 2.89. The van der Waals surface area contributed by atoms with Gasteiger partial charge in [-0.15, -0.1) is 0 Å². The summed E-state index contributed by atoms with van der Waals surface area (Å²) in [6.07, 6.45) is -2.39. The molecule has 2 aliphatic rings. The Morgan fingerprint density at radius 3 is 2.55 bits per heavy atom. The standard InChI is InChI=1S/C28H33F4N5O3/c1-17(19-6-4-7-21(23(19)29)28(30,31)32)33-24-20-16-22(27(38-3)8-13-39-14-9-27)18(2)34-25(20)36-26(35-24)40-15-12-37-10-5-11-37/h4,6-7,16-17H,5,8-15H2,1-3H3,(H,33,34,35,36)/t17-/m1/s1. The van der Waals surface area contributed by atoms with E-state index in [1.807, 2.05) is 13.0 Å². The third-order valence-corrected chi connectivity index (χ3v) is 7.78. The van der Waals surface area contributed by atoms with E-state index in [9.17, 15) is 17.6 Å². The van der Waals surface area contributed by atoms with Crippen LogP contribution in [-0.2, 0) is 21.3 Å². The number of alkyl halides is 3. The molecule has 2 aromatic heterocycles. The van der Waals surface area contributed by atoms with Gasteiger partial charge in [-0.25, -0.2) is 9.37 Å². The van der Waals surface area contributed by atoms with Crippen molar-refractivity contribution in [2.75, 3.05) is 51.9 Å². The maximum atomic E-state index is 15.0. The Labute approximate surface area is 230 Å². The van der Waals surface area contributed by atoms with Gasteiger partial charge in [0.1, 0.15) is 18.2 Å². The summed E-state index contributed by atoms with van der Waals surface area (Å²) in [4.78, 5) is 16.1. The number of hydrogen-bond donors (Lipinski definition) is 1. The molecular weight excluding hydrogens is 530 g/mol. The molecule has 1 N–H and O–H groups in total. The summed E-state index contributed by atoms with van der Waals surface area (Å²) in [5.41, 5.74) is -0.146. The molecule has 0 radical (unpaired) electrons. The van der Waals surface area contributed by atoms with Crippen molar-refractivity contribution in [3.8, 4) is 6.01 Å². The second kappa shape index (κ2) is 11.4. The van der Waals surface area contributed by atoms with Crippen molar-refractivity contribution >= 4 is 16.9 Å². The van der Waals surface area contributed by atoms with E-state index in [4.69, 9.17) is 19.2 Å². The van der Waals surface area contributed by atoms with Gasteiger partial charge in [-0.05, 0) is 45.5 Å². The number of aryl methyl sites for hydroxylation is 1. The second-order valence-electron chi connectivity index (χ2n) is 10.3. The molecule has 0 bridgehead atoms. The van der Waals surface area contributed by atoms with Gasteiger partial charge in [0.25, 0.3) is 0 Å². The smallest absolute Gasteiger partial charge is 0.419 e. The van der Waals surface area contributed by atoms with Crippen molar-refractivity contribution in [1.29, 1.82) is 0 Å². The molecule has 4 heterocycles. The molecule has 8 nitrogen and oxygen atoms in total. The number of nitrogens with one attached hydrogen (secondary N) is 1. The van der Waals surface area contributed by atoms with Crippen LogP contribution in [0.1, 0.15) is 54.6 Å². The Morgan fingerprint density at radius 2 is 1.90 bits per heavy atom. The minimum Gasteiger partial charge on any atom is -0.462 e. The molecule has 1 aromatic carbocycles. The molecule has 2 aliphatic heterocycles. The van der Waals surface area contributed by atoms with E-state index in [0.29, 0.717) is 43.7 Å². The molecule has 2 fully saturated rings. The van der Waals surface area contributed by atoms with Crippen LogP contribution in [0.3, 0.4) is 0 Å². The summed E-state index contributed by atoms with van der Waals surface area (Å²) in [5, 5.41) is 3.63. The van der Waals surface area contributed by atoms with Crippen molar-refractivity contribution in [2.45, 2.75) is 50.9 Å². The number of likely N-dealkylation sites (tertiary alicyclic amines) is 1. The minimum absolute atomic E-state index is 0.0828. The maximum Gasteiger partial charge on any atom is 0.419 e. The first-order chi connectivity index (χ1) is 19.1. The fourth-order valence-corrected chi connectivity index (χ4v) is 5.30. The van der Waals surface area contributed by atoms with Gasteiger partial charge in [-0.2, -0.15) is 23.1 Å². The minimum atomic E-state index is -4.81. The summed E-state index contributed by atoms with van der Waals surface area (Å²) in [5.74, 6) is -1.05. The molecule has 2 saturated heterocycles. The van der Waals surface area contributed by atoms with Crippen LogP contribution in [0.15, 0.2) is 24.3 Å². The lowest BCUT2D eigenvalue weighted by Crippen LogP contribution is -2.39. The fourth-order valence-electron chi connectivity index (χ4n) is 5.30. The molecule has 216 valence electrons. The molecule has 0 spiro atoms. The number of fused-ring (bicyclic) bond motifs is 1. The molecule has 0 amide bonds. The van der Waals surface area contributed by atoms with Crippen molar-refractivity contribution in [1.82, 2.24) is 19.9 Å². The summed E-state index contributed by atoms with van der Waals surface area (Å²) in [6, 6.07) is 4.36. The quantitative estimate of drug-likeness (QED) is 0.347. The van der Waals surface area contributed by atoms with Crippen molar-refractivity contribution in [2.24, 2.45) is 0 Å².